The van der Waals surface area contributed by atoms with E-state index in [0.717, 1.165) is 35.5 Å². The van der Waals surface area contributed by atoms with Crippen LogP contribution < -0.4 is 0 Å². The van der Waals surface area contributed by atoms with Gasteiger partial charge in [0.15, 0.2) is 0 Å². The molecule has 0 spiro atoms. The average Bonchev–Trinajstić information content (AvgIpc) is 2.40. The largest absolute Gasteiger partial charge is 0.0599 e. The Kier molecular flexibility index (Phi) is 5.83. The molecule has 6 unspecified atom stereocenters. The molecule has 2 aliphatic rings. The Morgan fingerprint density at radius 3 is 0.846 bits per heavy atom. The van der Waals surface area contributed by atoms with Crippen LogP contribution in [0.1, 0.15) is 109 Å². The maximum atomic E-state index is 2.52. The Balaban J connectivity index is 2.47. The molecule has 0 heterocycles. The highest BCUT2D eigenvalue weighted by atomic mass is 14.6. The molecule has 2 rings (SSSR count). The van der Waals surface area contributed by atoms with Gasteiger partial charge in [-0.3, -0.25) is 0 Å². The van der Waals surface area contributed by atoms with Crippen LogP contribution in [0.15, 0.2) is 0 Å². The summed E-state index contributed by atoms with van der Waals surface area (Å²) in [6.07, 6.45) is 5.84. The maximum Gasteiger partial charge on any atom is -0.0331 e. The van der Waals surface area contributed by atoms with Gasteiger partial charge in [0.05, 0.1) is 0 Å². The lowest BCUT2D eigenvalue weighted by Gasteiger charge is -2.59. The molecular weight excluding hydrogens is 312 g/mol. The highest BCUT2D eigenvalue weighted by molar-refractivity contribution is 5.02. The third kappa shape index (κ3) is 4.70. The van der Waals surface area contributed by atoms with E-state index >= 15 is 0 Å². The summed E-state index contributed by atoms with van der Waals surface area (Å²) in [5.41, 5.74) is 1.74. The lowest BCUT2D eigenvalue weighted by atomic mass is 9.46. The molecule has 0 radical (unpaired) electrons. The van der Waals surface area contributed by atoms with Crippen LogP contribution in [-0.2, 0) is 0 Å². The van der Waals surface area contributed by atoms with Crippen LogP contribution in [0, 0.1) is 57.2 Å². The minimum atomic E-state index is 0.426. The molecule has 6 atom stereocenters. The van der Waals surface area contributed by atoms with E-state index in [1.165, 1.54) is 25.7 Å². The predicted molar refractivity (Wildman–Crippen MR) is 117 cm³/mol. The molecule has 0 N–H and O–H groups in total. The second-order valence-electron chi connectivity index (χ2n) is 14.3. The van der Waals surface area contributed by atoms with E-state index in [1.54, 1.807) is 0 Å². The summed E-state index contributed by atoms with van der Waals surface area (Å²) in [7, 11) is 0. The fourth-order valence-electron chi connectivity index (χ4n) is 6.49. The molecule has 0 amide bonds. The van der Waals surface area contributed by atoms with Crippen molar-refractivity contribution in [1.82, 2.24) is 0 Å². The van der Waals surface area contributed by atoms with Crippen molar-refractivity contribution < 1.29 is 0 Å². The Labute approximate surface area is 166 Å². The Bertz CT molecular complexity index is 424. The Morgan fingerprint density at radius 1 is 0.385 bits per heavy atom. The minimum Gasteiger partial charge on any atom is -0.0599 e. The van der Waals surface area contributed by atoms with Crippen LogP contribution in [0.5, 0.6) is 0 Å². The summed E-state index contributed by atoms with van der Waals surface area (Å²) in [6.45, 7) is 30.1. The van der Waals surface area contributed by atoms with Gasteiger partial charge in [0.25, 0.3) is 0 Å². The topological polar surface area (TPSA) is 0 Å². The van der Waals surface area contributed by atoms with Gasteiger partial charge in [-0.15, -0.1) is 0 Å². The zero-order valence-electron chi connectivity index (χ0n) is 20.3. The van der Waals surface area contributed by atoms with E-state index in [-0.39, 0.29) is 0 Å². The van der Waals surface area contributed by atoms with Crippen LogP contribution in [0.25, 0.3) is 0 Å². The molecule has 0 nitrogen and oxygen atoms in total. The first kappa shape index (κ1) is 22.3. The smallest absolute Gasteiger partial charge is 0.0331 e. The molecule has 0 aliphatic heterocycles. The van der Waals surface area contributed by atoms with Crippen molar-refractivity contribution in [3.05, 3.63) is 0 Å². The van der Waals surface area contributed by atoms with Gasteiger partial charge in [-0.25, -0.2) is 0 Å². The van der Waals surface area contributed by atoms with Crippen molar-refractivity contribution in [2.24, 2.45) is 57.2 Å². The van der Waals surface area contributed by atoms with Crippen LogP contribution in [0.3, 0.4) is 0 Å². The van der Waals surface area contributed by atoms with Gasteiger partial charge >= 0.3 is 0 Å². The fraction of sp³-hybridized carbons (Fsp3) is 1.00. The SMILES string of the molecule is CC(C)(C)C1CC2C(CC(C(C)(C)C)CC2C(C)(C)C)C(C(C)(C)C)C1. The number of hydrogen-bond acceptors (Lipinski definition) is 0. The molecule has 0 heteroatoms. The van der Waals surface area contributed by atoms with Crippen LogP contribution in [0.4, 0.5) is 0 Å². The molecule has 0 saturated heterocycles. The first-order valence-corrected chi connectivity index (χ1v) is 11.4. The van der Waals surface area contributed by atoms with Gasteiger partial charge in [0.2, 0.25) is 0 Å². The highest BCUT2D eigenvalue weighted by Crippen LogP contribution is 2.61. The summed E-state index contributed by atoms with van der Waals surface area (Å²) in [6, 6.07) is 0. The zero-order chi connectivity index (χ0) is 20.3. The van der Waals surface area contributed by atoms with E-state index in [2.05, 4.69) is 83.1 Å². The summed E-state index contributed by atoms with van der Waals surface area (Å²) in [5, 5.41) is 0. The van der Waals surface area contributed by atoms with Crippen molar-refractivity contribution >= 4 is 0 Å². The number of hydrogen-bond donors (Lipinski definition) is 0. The van der Waals surface area contributed by atoms with Crippen LogP contribution >= 0.6 is 0 Å². The second kappa shape index (κ2) is 6.81. The minimum absolute atomic E-state index is 0.426. The monoisotopic (exact) mass is 362 g/mol. The van der Waals surface area contributed by atoms with Crippen LogP contribution in [0.2, 0.25) is 0 Å². The van der Waals surface area contributed by atoms with E-state index in [0.29, 0.717) is 21.7 Å². The van der Waals surface area contributed by atoms with E-state index in [9.17, 15) is 0 Å². The molecule has 154 valence electrons. The van der Waals surface area contributed by atoms with E-state index in [4.69, 9.17) is 0 Å². The second-order valence-corrected chi connectivity index (χ2v) is 14.3. The average molecular weight is 363 g/mol. The lowest BCUT2D eigenvalue weighted by molar-refractivity contribution is -0.101. The van der Waals surface area contributed by atoms with Gasteiger partial charge in [-0.05, 0) is 82.9 Å². The fourth-order valence-corrected chi connectivity index (χ4v) is 6.49. The molecular formula is C26H50. The molecule has 0 aromatic heterocycles. The standard InChI is InChI=1S/C26H50/c1-23(2,3)17-13-19-20(21(15-17)25(7,8)9)14-18(24(4,5)6)16-22(19)26(10,11)12/h17-22H,13-16H2,1-12H3. The van der Waals surface area contributed by atoms with Gasteiger partial charge in [-0.2, -0.15) is 0 Å². The molecule has 2 fully saturated rings. The molecule has 0 bridgehead atoms. The Hall–Kier alpha value is 0. The van der Waals surface area contributed by atoms with Crippen molar-refractivity contribution in [1.29, 1.82) is 0 Å². The first-order valence-electron chi connectivity index (χ1n) is 11.4. The van der Waals surface area contributed by atoms with E-state index < -0.39 is 0 Å². The highest BCUT2D eigenvalue weighted by Gasteiger charge is 2.53. The normalized spacial score (nSPS) is 37.4. The lowest BCUT2D eigenvalue weighted by Crippen LogP contribution is -2.51. The number of fused-ring (bicyclic) bond motifs is 1. The van der Waals surface area contributed by atoms with Gasteiger partial charge in [0, 0.05) is 0 Å². The van der Waals surface area contributed by atoms with Gasteiger partial charge < -0.3 is 0 Å². The summed E-state index contributed by atoms with van der Waals surface area (Å²) in [4.78, 5) is 0. The molecule has 2 aliphatic carbocycles. The third-order valence-corrected chi connectivity index (χ3v) is 8.45. The summed E-state index contributed by atoms with van der Waals surface area (Å²) < 4.78 is 0. The van der Waals surface area contributed by atoms with Crippen molar-refractivity contribution in [2.75, 3.05) is 0 Å². The van der Waals surface area contributed by atoms with Gasteiger partial charge in [0.1, 0.15) is 0 Å². The summed E-state index contributed by atoms with van der Waals surface area (Å²) >= 11 is 0. The summed E-state index contributed by atoms with van der Waals surface area (Å²) in [5.74, 6) is 5.36. The molecule has 0 aromatic carbocycles. The first-order chi connectivity index (χ1) is 11.4. The number of rotatable bonds is 0. The van der Waals surface area contributed by atoms with Crippen molar-refractivity contribution in [2.45, 2.75) is 109 Å². The Morgan fingerprint density at radius 2 is 0.654 bits per heavy atom. The molecule has 0 aromatic rings. The predicted octanol–water partition coefficient (Wildman–Crippen LogP) is 8.46. The van der Waals surface area contributed by atoms with E-state index in [1.807, 2.05) is 0 Å². The molecule has 26 heavy (non-hydrogen) atoms. The van der Waals surface area contributed by atoms with Crippen molar-refractivity contribution in [3.63, 3.8) is 0 Å². The van der Waals surface area contributed by atoms with Crippen molar-refractivity contribution in [3.8, 4) is 0 Å². The van der Waals surface area contributed by atoms with Gasteiger partial charge in [-0.1, -0.05) is 83.1 Å². The quantitative estimate of drug-likeness (QED) is 0.405. The third-order valence-electron chi connectivity index (χ3n) is 8.45. The molecule has 2 saturated carbocycles. The van der Waals surface area contributed by atoms with Crippen LogP contribution in [-0.4, -0.2) is 0 Å². The maximum absolute atomic E-state index is 2.52. The zero-order valence-corrected chi connectivity index (χ0v) is 20.3.